The van der Waals surface area contributed by atoms with Gasteiger partial charge in [0.15, 0.2) is 0 Å². The van der Waals surface area contributed by atoms with E-state index in [-0.39, 0.29) is 90.7 Å². The van der Waals surface area contributed by atoms with E-state index in [4.69, 9.17) is 15.6 Å². The summed E-state index contributed by atoms with van der Waals surface area (Å²) < 4.78 is 28.2. The van der Waals surface area contributed by atoms with Crippen LogP contribution >= 0.6 is 11.3 Å². The summed E-state index contributed by atoms with van der Waals surface area (Å²) in [4.78, 5) is 13.1. The number of alkyl halides is 2. The first-order valence-electron chi connectivity index (χ1n) is 20.8. The normalized spacial score (nSPS) is 16.6. The van der Waals surface area contributed by atoms with E-state index in [1.54, 1.807) is 0 Å². The van der Waals surface area contributed by atoms with Crippen LogP contribution in [0.5, 0.6) is 0 Å². The van der Waals surface area contributed by atoms with Gasteiger partial charge in [0.2, 0.25) is 0 Å². The predicted molar refractivity (Wildman–Crippen MR) is 244 cm³/mol. The van der Waals surface area contributed by atoms with Crippen LogP contribution in [-0.2, 0) is 45.9 Å². The van der Waals surface area contributed by atoms with E-state index < -0.39 is 11.5 Å². The van der Waals surface area contributed by atoms with Gasteiger partial charge in [-0.25, -0.2) is 8.78 Å². The van der Waals surface area contributed by atoms with Crippen molar-refractivity contribution in [3.63, 3.8) is 0 Å². The smallest absolute Gasteiger partial charge is 0.661 e. The Kier molecular flexibility index (Phi) is 17.1. The molecule has 0 radical (unpaired) electrons. The first-order valence-corrected chi connectivity index (χ1v) is 21.6. The van der Waals surface area contributed by atoms with Gasteiger partial charge in [-0.1, -0.05) is 94.0 Å². The Hall–Kier alpha value is -2.45. The molecule has 318 valence electrons. The molecule has 0 amide bonds. The number of hydrogen-bond donors (Lipinski definition) is 1. The summed E-state index contributed by atoms with van der Waals surface area (Å²) in [5.74, 6) is -2.00. The number of hydrogen-bond acceptors (Lipinski definition) is 6. The average molecular weight is 1040 g/mol. The largest absolute Gasteiger partial charge is 1.00 e. The van der Waals surface area contributed by atoms with Crippen molar-refractivity contribution in [1.82, 2.24) is 20.1 Å². The number of nitrogens with zero attached hydrogens (tertiary/aromatic N) is 6. The maximum Gasteiger partial charge on any atom is 1.00 e. The second-order valence-electron chi connectivity index (χ2n) is 17.6. The molecule has 3 aliphatic rings. The third kappa shape index (κ3) is 12.9. The Morgan fingerprint density at radius 3 is 2.52 bits per heavy atom. The van der Waals surface area contributed by atoms with E-state index in [1.165, 1.54) is 9.88 Å². The number of nitrogens with one attached hydrogen (secondary N) is 1. The second-order valence-corrected chi connectivity index (χ2v) is 18.8. The van der Waals surface area contributed by atoms with E-state index in [1.807, 2.05) is 41.7 Å². The van der Waals surface area contributed by atoms with E-state index in [0.29, 0.717) is 5.82 Å². The van der Waals surface area contributed by atoms with Crippen LogP contribution in [0, 0.1) is 12.3 Å². The summed E-state index contributed by atoms with van der Waals surface area (Å²) in [6.07, 6.45) is 6.59. The molecule has 1 saturated carbocycles. The number of benzene rings is 2. The number of allylic oxidation sites excluding steroid dienone is 1. The number of piperazine rings is 1. The fourth-order valence-electron chi connectivity index (χ4n) is 7.90. The van der Waals surface area contributed by atoms with Gasteiger partial charge in [0.05, 0.1) is 11.5 Å². The van der Waals surface area contributed by atoms with Crippen molar-refractivity contribution in [2.75, 3.05) is 64.8 Å². The second kappa shape index (κ2) is 21.0. The molecular weight excluding hydrogens is 980 g/mol. The zero-order valence-corrected chi connectivity index (χ0v) is 43.7. The van der Waals surface area contributed by atoms with E-state index >= 15 is 0 Å². The number of aryl methyl sites for hydroxylation is 1. The van der Waals surface area contributed by atoms with Crippen LogP contribution in [0.15, 0.2) is 110 Å². The number of rotatable bonds is 18. The minimum Gasteiger partial charge on any atom is -0.661 e. The number of likely N-dealkylation sites (N-methyl/N-ethyl adjacent to an activating group) is 1. The molecule has 4 aromatic rings. The van der Waals surface area contributed by atoms with Crippen molar-refractivity contribution in [3.8, 4) is 11.3 Å². The van der Waals surface area contributed by atoms with Crippen LogP contribution in [-0.4, -0.2) is 80.6 Å². The zero-order valence-electron chi connectivity index (χ0n) is 36.9. The monoisotopic (exact) mass is 1040 g/mol. The minimum absolute atomic E-state index is 0. The van der Waals surface area contributed by atoms with Crippen LogP contribution in [0.1, 0.15) is 59.4 Å². The predicted octanol–water partition coefficient (Wildman–Crippen LogP) is 8.02. The Morgan fingerprint density at radius 1 is 1.02 bits per heavy atom. The van der Waals surface area contributed by atoms with Gasteiger partial charge in [-0.15, -0.1) is 24.4 Å². The van der Waals surface area contributed by atoms with Gasteiger partial charge >= 0.3 is 51.4 Å². The van der Waals surface area contributed by atoms with Crippen LogP contribution in [0.4, 0.5) is 19.6 Å². The molecule has 2 aromatic carbocycles. The van der Waals surface area contributed by atoms with Crippen LogP contribution in [0.3, 0.4) is 0 Å². The van der Waals surface area contributed by atoms with Gasteiger partial charge in [-0.05, 0) is 115 Å². The van der Waals surface area contributed by atoms with Crippen molar-refractivity contribution in [1.29, 1.82) is 0 Å². The van der Waals surface area contributed by atoms with Gasteiger partial charge in [0.25, 0.3) is 5.92 Å². The molecule has 0 bridgehead atoms. The fourth-order valence-corrected chi connectivity index (χ4v) is 8.97. The molecule has 1 saturated heterocycles. The third-order valence-electron chi connectivity index (χ3n) is 11.5. The number of anilines is 1. The van der Waals surface area contributed by atoms with Gasteiger partial charge in [0.1, 0.15) is 0 Å². The molecule has 0 atom stereocenters. The Morgan fingerprint density at radius 2 is 1.79 bits per heavy atom. The minimum atomic E-state index is -2.66. The standard InChI is InChI=1S/C49H59F2N7S.K.W/c1-34-14-18-44(55-48(21-22-48)42-16-15-40-29-49(50,51)30-41(40)28-42)54-46(34)39-13-9-12-38(27-39)37(4)53-33-47(5,6)32-52-23-20-43-17-19-45(59-43)58-26-25-57(31-36(58)3)35(2)11-10-24-56(7)8;;/h9-19,27-28,53H,2-4,20-26,29-33H2,1,5-8H3;;/q-2;+1;/b11-10+;;. The van der Waals surface area contributed by atoms with Crippen molar-refractivity contribution in [2.24, 2.45) is 5.41 Å². The molecule has 0 unspecified atom stereocenters. The van der Waals surface area contributed by atoms with Crippen molar-refractivity contribution in [3.05, 3.63) is 153 Å². The summed E-state index contributed by atoms with van der Waals surface area (Å²) in [6, 6.07) is 22.6. The summed E-state index contributed by atoms with van der Waals surface area (Å²) >= 11 is 1.84. The number of aromatic nitrogens is 1. The number of fused-ring (bicyclic) bond motifs is 1. The van der Waals surface area contributed by atoms with E-state index in [0.717, 1.165) is 121 Å². The Balaban J connectivity index is 0.00000352. The average Bonchev–Trinajstić information content (AvgIpc) is 3.69. The summed E-state index contributed by atoms with van der Waals surface area (Å²) in [6.45, 7) is 25.4. The molecule has 7 rings (SSSR count). The fraction of sp³-hybridized carbons (Fsp3) is 0.408. The molecule has 1 N–H and O–H groups in total. The zero-order chi connectivity index (χ0) is 42.0. The topological polar surface area (TPSA) is 62.8 Å². The van der Waals surface area contributed by atoms with Gasteiger partial charge in [0, 0.05) is 82.1 Å². The van der Waals surface area contributed by atoms with Gasteiger partial charge < -0.3 is 35.6 Å². The Bertz CT molecular complexity index is 2230. The first kappa shape index (κ1) is 49.6. The van der Waals surface area contributed by atoms with E-state index in [2.05, 4.69) is 123 Å². The van der Waals surface area contributed by atoms with Crippen molar-refractivity contribution < 1.29 is 81.2 Å². The molecule has 1 aliphatic heterocycles. The van der Waals surface area contributed by atoms with Crippen LogP contribution in [0.2, 0.25) is 0 Å². The molecule has 7 nitrogen and oxygen atoms in total. The summed E-state index contributed by atoms with van der Waals surface area (Å²) in [7, 11) is 4.13. The van der Waals surface area contributed by atoms with Crippen LogP contribution in [0.25, 0.3) is 27.6 Å². The number of thiophene rings is 1. The molecule has 2 fully saturated rings. The van der Waals surface area contributed by atoms with Crippen molar-refractivity contribution >= 4 is 27.9 Å². The first-order chi connectivity index (χ1) is 28.1. The number of pyridine rings is 1. The number of halogens is 2. The maximum absolute atomic E-state index is 14.1. The quantitative estimate of drug-likeness (QED) is 0.0623. The molecular formula is C49H59F2KN7SW-. The molecule has 3 heterocycles. The molecule has 2 aromatic heterocycles. The molecule has 61 heavy (non-hydrogen) atoms. The van der Waals surface area contributed by atoms with Crippen LogP contribution < -0.4 is 61.6 Å². The Labute approximate surface area is 423 Å². The SMILES string of the molecule is C=C(NCC(C)(C)C[N-]CCc1ccc(N2CCN(C(=C)/C=C/CN(C)C)CC2=C)s1)c1cccc(-c2nc([N-]C3(c4ccc5c(c4)CC(F)(F)C5)CC3)ccc2C)c1.[K+].[W]. The third-order valence-corrected chi connectivity index (χ3v) is 12.7. The molecule has 12 heteroatoms. The van der Waals surface area contributed by atoms with E-state index in [9.17, 15) is 8.78 Å². The molecule has 0 spiro atoms. The van der Waals surface area contributed by atoms with Gasteiger partial charge in [-0.2, -0.15) is 0 Å². The summed E-state index contributed by atoms with van der Waals surface area (Å²) in [5, 5.41) is 14.9. The summed E-state index contributed by atoms with van der Waals surface area (Å²) in [5.41, 5.74) is 8.98. The van der Waals surface area contributed by atoms with Crippen molar-refractivity contribution in [2.45, 2.75) is 64.3 Å². The molecule has 2 aliphatic carbocycles. The van der Waals surface area contributed by atoms with Gasteiger partial charge in [-0.3, -0.25) is 0 Å². The maximum atomic E-state index is 14.1.